The summed E-state index contributed by atoms with van der Waals surface area (Å²) in [4.78, 5) is 42.7. The number of rotatable bonds is 10. The molecule has 0 spiro atoms. The monoisotopic (exact) mass is 685 g/mol. The van der Waals surface area contributed by atoms with Gasteiger partial charge in [-0.05, 0) is 61.8 Å². The van der Waals surface area contributed by atoms with Gasteiger partial charge in [-0.15, -0.1) is 0 Å². The van der Waals surface area contributed by atoms with E-state index in [1.165, 1.54) is 6.26 Å². The van der Waals surface area contributed by atoms with Gasteiger partial charge in [-0.25, -0.2) is 0 Å². The van der Waals surface area contributed by atoms with Gasteiger partial charge < -0.3 is 29.2 Å². The molecular weight excluding hydrogens is 645 g/mol. The molecule has 2 N–H and O–H groups in total. The lowest BCUT2D eigenvalue weighted by atomic mass is 9.87. The molecule has 0 unspecified atom stereocenters. The Morgan fingerprint density at radius 1 is 1.04 bits per heavy atom. The number of amides is 2. The predicted octanol–water partition coefficient (Wildman–Crippen LogP) is 6.13. The van der Waals surface area contributed by atoms with Gasteiger partial charge in [0.1, 0.15) is 11.8 Å². The maximum absolute atomic E-state index is 13.9. The number of aliphatic carboxylic acids is 1. The van der Waals surface area contributed by atoms with Crippen LogP contribution < -0.4 is 5.32 Å². The van der Waals surface area contributed by atoms with E-state index < -0.39 is 5.97 Å². The molecule has 4 atom stereocenters. The first-order chi connectivity index (χ1) is 22.6. The van der Waals surface area contributed by atoms with Gasteiger partial charge in [-0.2, -0.15) is 0 Å². The quantitative estimate of drug-likeness (QED) is 0.261. The van der Waals surface area contributed by atoms with Crippen LogP contribution in [0.4, 0.5) is 5.69 Å². The second-order valence-electron chi connectivity index (χ2n) is 13.1. The van der Waals surface area contributed by atoms with Crippen LogP contribution in [-0.4, -0.2) is 90.3 Å². The summed E-state index contributed by atoms with van der Waals surface area (Å²) in [7, 11) is 1.75. The zero-order valence-electron chi connectivity index (χ0n) is 26.6. The molecule has 12 heteroatoms. The highest BCUT2D eigenvalue weighted by atomic mass is 35.5. The molecular formula is C35H41Cl2N3O7. The summed E-state index contributed by atoms with van der Waals surface area (Å²) in [6.07, 6.45) is 4.99. The molecule has 2 saturated heterocycles. The Labute approximate surface area is 284 Å². The Kier molecular flexibility index (Phi) is 10.4. The first-order valence-electron chi connectivity index (χ1n) is 16.3. The van der Waals surface area contributed by atoms with E-state index >= 15 is 0 Å². The normalized spacial score (nSPS) is 26.6. The second-order valence-corrected chi connectivity index (χ2v) is 14.0. The van der Waals surface area contributed by atoms with Crippen LogP contribution in [0.5, 0.6) is 0 Å². The van der Waals surface area contributed by atoms with Gasteiger partial charge in [0.25, 0.3) is 5.91 Å². The SMILES string of the molecule is CO[C@H]1CN([C@H]2C[C@@H](CO[C@H]3CC[C@H](C(=O)O)CC3)N(C(=O)Cc3cc(Cl)c(NC(=O)c4coc5ccccc45)cc3Cl)C2)C[C@H]1C. The van der Waals surface area contributed by atoms with E-state index in [0.29, 0.717) is 77.6 Å². The van der Waals surface area contributed by atoms with Gasteiger partial charge in [0.05, 0.1) is 53.5 Å². The summed E-state index contributed by atoms with van der Waals surface area (Å²) in [5.74, 6) is -1.11. The molecule has 3 aromatic rings. The van der Waals surface area contributed by atoms with Crippen molar-refractivity contribution in [3.63, 3.8) is 0 Å². The molecule has 1 aliphatic carbocycles. The van der Waals surface area contributed by atoms with Crippen molar-refractivity contribution in [1.82, 2.24) is 9.80 Å². The van der Waals surface area contributed by atoms with Crippen LogP contribution in [0.25, 0.3) is 11.0 Å². The van der Waals surface area contributed by atoms with Crippen LogP contribution in [0, 0.1) is 11.8 Å². The van der Waals surface area contributed by atoms with Crippen LogP contribution in [0.1, 0.15) is 54.9 Å². The third-order valence-corrected chi connectivity index (χ3v) is 10.8. The molecule has 2 aromatic carbocycles. The van der Waals surface area contributed by atoms with Crippen molar-refractivity contribution in [2.45, 2.75) is 69.7 Å². The number of likely N-dealkylation sites (tertiary alicyclic amines) is 2. The van der Waals surface area contributed by atoms with E-state index in [2.05, 4.69) is 17.1 Å². The minimum absolute atomic E-state index is 0.0117. The summed E-state index contributed by atoms with van der Waals surface area (Å²) >= 11 is 13.3. The number of fused-ring (bicyclic) bond motifs is 1. The number of halogens is 2. The number of hydrogen-bond donors (Lipinski definition) is 2. The van der Waals surface area contributed by atoms with E-state index in [1.54, 1.807) is 25.3 Å². The van der Waals surface area contributed by atoms with Crippen LogP contribution in [0.15, 0.2) is 47.1 Å². The molecule has 3 fully saturated rings. The number of hydrogen-bond acceptors (Lipinski definition) is 7. The fraction of sp³-hybridized carbons (Fsp3) is 0.514. The molecule has 1 saturated carbocycles. The number of methoxy groups -OCH3 is 1. The van der Waals surface area contributed by atoms with Gasteiger partial charge >= 0.3 is 5.97 Å². The topological polar surface area (TPSA) is 122 Å². The van der Waals surface area contributed by atoms with Crippen molar-refractivity contribution >= 4 is 57.6 Å². The highest BCUT2D eigenvalue weighted by Crippen LogP contribution is 2.34. The lowest BCUT2D eigenvalue weighted by molar-refractivity contribution is -0.144. The molecule has 2 aliphatic heterocycles. The number of nitrogens with zero attached hydrogens (tertiary/aromatic N) is 2. The Morgan fingerprint density at radius 2 is 1.81 bits per heavy atom. The average Bonchev–Trinajstić information content (AvgIpc) is 3.79. The Balaban J connectivity index is 1.13. The molecule has 10 nitrogen and oxygen atoms in total. The van der Waals surface area contributed by atoms with Gasteiger partial charge in [0.2, 0.25) is 5.91 Å². The van der Waals surface area contributed by atoms with Crippen molar-refractivity contribution in [3.05, 3.63) is 63.8 Å². The maximum Gasteiger partial charge on any atom is 0.306 e. The van der Waals surface area contributed by atoms with Crippen LogP contribution in [-0.2, 0) is 25.5 Å². The fourth-order valence-corrected chi connectivity index (χ4v) is 7.81. The number of carboxylic acids is 1. The van der Waals surface area contributed by atoms with E-state index in [-0.39, 0.29) is 53.5 Å². The number of carboxylic acid groups (broad SMARTS) is 1. The number of ether oxygens (including phenoxy) is 2. The molecule has 3 aliphatic rings. The molecule has 2 amide bonds. The molecule has 6 rings (SSSR count). The molecule has 1 aromatic heterocycles. The van der Waals surface area contributed by atoms with E-state index in [4.69, 9.17) is 37.1 Å². The summed E-state index contributed by atoms with van der Waals surface area (Å²) in [6.45, 7) is 4.88. The van der Waals surface area contributed by atoms with Gasteiger partial charge in [-0.1, -0.05) is 48.3 Å². The third kappa shape index (κ3) is 7.47. The first kappa shape index (κ1) is 33.7. The van der Waals surface area contributed by atoms with Crippen LogP contribution in [0.3, 0.4) is 0 Å². The largest absolute Gasteiger partial charge is 0.481 e. The van der Waals surface area contributed by atoms with Gasteiger partial charge in [0, 0.05) is 43.2 Å². The zero-order valence-corrected chi connectivity index (χ0v) is 28.1. The van der Waals surface area contributed by atoms with Crippen molar-refractivity contribution < 1.29 is 33.4 Å². The maximum atomic E-state index is 13.9. The molecule has 0 bridgehead atoms. The summed E-state index contributed by atoms with van der Waals surface area (Å²) < 4.78 is 17.5. The molecule has 47 heavy (non-hydrogen) atoms. The Hall–Kier alpha value is -3.15. The number of benzene rings is 2. The average molecular weight is 687 g/mol. The lowest BCUT2D eigenvalue weighted by Gasteiger charge is -2.30. The second kappa shape index (κ2) is 14.5. The van der Waals surface area contributed by atoms with E-state index in [0.717, 1.165) is 19.5 Å². The standard InChI is InChI=1S/C35H41Cl2N3O7/c1-20-15-39(17-32(20)45-2)23-13-24(18-46-25-9-7-21(8-10-25)35(43)44)40(16-23)33(41)12-22-11-29(37)30(14-28(22)36)38-34(42)27-19-47-31-6-4-3-5-26(27)31/h3-6,11,14,19-21,23-25,32H,7-10,12-13,15-18H2,1-2H3,(H,38,42)(H,43,44)/t20-,21-,23+,24+,25-,32+/m1/s1. The van der Waals surface area contributed by atoms with Crippen molar-refractivity contribution in [2.75, 3.05) is 38.7 Å². The zero-order chi connectivity index (χ0) is 33.2. The van der Waals surface area contributed by atoms with Crippen molar-refractivity contribution in [1.29, 1.82) is 0 Å². The Bertz CT molecular complexity index is 1620. The minimum atomic E-state index is -0.742. The summed E-state index contributed by atoms with van der Waals surface area (Å²) in [5.41, 5.74) is 1.89. The van der Waals surface area contributed by atoms with Crippen molar-refractivity contribution in [3.8, 4) is 0 Å². The highest BCUT2D eigenvalue weighted by molar-refractivity contribution is 6.36. The van der Waals surface area contributed by atoms with Crippen LogP contribution >= 0.6 is 23.2 Å². The number of carbonyl (C=O) groups excluding carboxylic acids is 2. The van der Waals surface area contributed by atoms with Gasteiger partial charge in [0.15, 0.2) is 0 Å². The van der Waals surface area contributed by atoms with E-state index in [9.17, 15) is 19.5 Å². The summed E-state index contributed by atoms with van der Waals surface area (Å²) in [5, 5.41) is 13.5. The molecule has 252 valence electrons. The highest BCUT2D eigenvalue weighted by Gasteiger charge is 2.42. The number of nitrogens with one attached hydrogen (secondary N) is 1. The van der Waals surface area contributed by atoms with Crippen molar-refractivity contribution in [2.24, 2.45) is 11.8 Å². The summed E-state index contributed by atoms with van der Waals surface area (Å²) in [6, 6.07) is 10.5. The molecule has 0 radical (unpaired) electrons. The lowest BCUT2D eigenvalue weighted by Crippen LogP contribution is -2.41. The fourth-order valence-electron chi connectivity index (χ4n) is 7.35. The van der Waals surface area contributed by atoms with E-state index in [1.807, 2.05) is 23.1 Å². The predicted molar refractivity (Wildman–Crippen MR) is 179 cm³/mol. The third-order valence-electron chi connectivity index (χ3n) is 10.1. The van der Waals surface area contributed by atoms with Crippen LogP contribution in [0.2, 0.25) is 10.0 Å². The first-order valence-corrected chi connectivity index (χ1v) is 17.0. The minimum Gasteiger partial charge on any atom is -0.481 e. The number of anilines is 1. The molecule has 3 heterocycles. The smallest absolute Gasteiger partial charge is 0.306 e. The van der Waals surface area contributed by atoms with Gasteiger partial charge in [-0.3, -0.25) is 19.3 Å². The number of carbonyl (C=O) groups is 3. The Morgan fingerprint density at radius 3 is 2.53 bits per heavy atom. The number of furan rings is 1. The number of para-hydroxylation sites is 1.